The SMILES string of the molecule is Clc1ccc(CCCc2ccncc2)cc1. The fourth-order valence-electron chi connectivity index (χ4n) is 1.70. The lowest BCUT2D eigenvalue weighted by atomic mass is 10.1. The Balaban J connectivity index is 1.82. The first-order valence-corrected chi connectivity index (χ1v) is 5.86. The van der Waals surface area contributed by atoms with Crippen LogP contribution in [0.4, 0.5) is 0 Å². The van der Waals surface area contributed by atoms with E-state index in [0.29, 0.717) is 0 Å². The quantitative estimate of drug-likeness (QED) is 0.778. The molecule has 0 N–H and O–H groups in total. The molecule has 82 valence electrons. The molecule has 0 unspecified atom stereocenters. The predicted octanol–water partition coefficient (Wildman–Crippen LogP) is 3.91. The molecule has 2 aromatic rings. The van der Waals surface area contributed by atoms with Gasteiger partial charge in [0.05, 0.1) is 0 Å². The molecule has 0 aliphatic carbocycles. The summed E-state index contributed by atoms with van der Waals surface area (Å²) in [6.07, 6.45) is 7.05. The van der Waals surface area contributed by atoms with E-state index in [1.165, 1.54) is 11.1 Å². The van der Waals surface area contributed by atoms with Crippen LogP contribution in [0.15, 0.2) is 48.8 Å². The average molecular weight is 232 g/mol. The second-order valence-corrected chi connectivity index (χ2v) is 4.27. The minimum absolute atomic E-state index is 0.804. The summed E-state index contributed by atoms with van der Waals surface area (Å²) in [4.78, 5) is 4.01. The zero-order valence-electron chi connectivity index (χ0n) is 9.07. The molecule has 16 heavy (non-hydrogen) atoms. The third-order valence-electron chi connectivity index (χ3n) is 2.59. The van der Waals surface area contributed by atoms with Crippen LogP contribution in [0.2, 0.25) is 5.02 Å². The fourth-order valence-corrected chi connectivity index (χ4v) is 1.82. The molecule has 0 aliphatic rings. The number of aromatic nitrogens is 1. The van der Waals surface area contributed by atoms with Gasteiger partial charge in [0.1, 0.15) is 0 Å². The van der Waals surface area contributed by atoms with Gasteiger partial charge in [-0.05, 0) is 54.7 Å². The van der Waals surface area contributed by atoms with E-state index in [1.807, 2.05) is 24.5 Å². The lowest BCUT2D eigenvalue weighted by Gasteiger charge is -2.02. The van der Waals surface area contributed by atoms with Gasteiger partial charge in [-0.3, -0.25) is 4.98 Å². The van der Waals surface area contributed by atoms with Crippen molar-refractivity contribution in [1.82, 2.24) is 4.98 Å². The average Bonchev–Trinajstić information content (AvgIpc) is 2.33. The molecular formula is C14H14ClN. The van der Waals surface area contributed by atoms with Gasteiger partial charge in [-0.1, -0.05) is 23.7 Å². The molecule has 0 amide bonds. The van der Waals surface area contributed by atoms with Crippen LogP contribution in [-0.2, 0) is 12.8 Å². The molecule has 1 heterocycles. The molecule has 0 saturated carbocycles. The van der Waals surface area contributed by atoms with Crippen molar-refractivity contribution in [2.75, 3.05) is 0 Å². The zero-order valence-corrected chi connectivity index (χ0v) is 9.82. The first kappa shape index (κ1) is 11.2. The molecule has 1 aromatic carbocycles. The number of halogens is 1. The molecular weight excluding hydrogens is 218 g/mol. The zero-order chi connectivity index (χ0) is 11.2. The van der Waals surface area contributed by atoms with Crippen LogP contribution in [0.1, 0.15) is 17.5 Å². The van der Waals surface area contributed by atoms with Gasteiger partial charge in [0.15, 0.2) is 0 Å². The number of hydrogen-bond acceptors (Lipinski definition) is 1. The summed E-state index contributed by atoms with van der Waals surface area (Å²) in [5.41, 5.74) is 2.70. The smallest absolute Gasteiger partial charge is 0.0406 e. The third-order valence-corrected chi connectivity index (χ3v) is 2.85. The van der Waals surface area contributed by atoms with E-state index in [9.17, 15) is 0 Å². The minimum Gasteiger partial charge on any atom is -0.265 e. The summed E-state index contributed by atoms with van der Waals surface area (Å²) in [5, 5.41) is 0.804. The molecule has 0 spiro atoms. The Bertz CT molecular complexity index is 422. The molecule has 1 nitrogen and oxygen atoms in total. The lowest BCUT2D eigenvalue weighted by Crippen LogP contribution is -1.90. The summed E-state index contributed by atoms with van der Waals surface area (Å²) in [6.45, 7) is 0. The van der Waals surface area contributed by atoms with Crippen molar-refractivity contribution in [2.45, 2.75) is 19.3 Å². The molecule has 0 radical (unpaired) electrons. The second kappa shape index (κ2) is 5.66. The van der Waals surface area contributed by atoms with E-state index in [0.717, 1.165) is 24.3 Å². The van der Waals surface area contributed by atoms with Crippen LogP contribution >= 0.6 is 11.6 Å². The number of aryl methyl sites for hydroxylation is 2. The van der Waals surface area contributed by atoms with Crippen molar-refractivity contribution in [1.29, 1.82) is 0 Å². The molecule has 0 aliphatic heterocycles. The Morgan fingerprint density at radius 3 is 2.00 bits per heavy atom. The van der Waals surface area contributed by atoms with E-state index in [4.69, 9.17) is 11.6 Å². The Morgan fingerprint density at radius 1 is 0.812 bits per heavy atom. The molecule has 0 bridgehead atoms. The Hall–Kier alpha value is -1.34. The van der Waals surface area contributed by atoms with Gasteiger partial charge in [0.2, 0.25) is 0 Å². The molecule has 0 fully saturated rings. The van der Waals surface area contributed by atoms with E-state index >= 15 is 0 Å². The van der Waals surface area contributed by atoms with E-state index in [1.54, 1.807) is 0 Å². The minimum atomic E-state index is 0.804. The van der Waals surface area contributed by atoms with Gasteiger partial charge in [-0.25, -0.2) is 0 Å². The highest BCUT2D eigenvalue weighted by atomic mass is 35.5. The second-order valence-electron chi connectivity index (χ2n) is 3.84. The van der Waals surface area contributed by atoms with E-state index < -0.39 is 0 Å². The Labute approximate surface area is 101 Å². The van der Waals surface area contributed by atoms with E-state index in [2.05, 4.69) is 29.2 Å². The standard InChI is InChI=1S/C14H14ClN/c15-14-6-4-12(5-7-14)2-1-3-13-8-10-16-11-9-13/h4-11H,1-3H2. The molecule has 0 atom stereocenters. The van der Waals surface area contributed by atoms with Crippen molar-refractivity contribution < 1.29 is 0 Å². The highest BCUT2D eigenvalue weighted by Gasteiger charge is 1.95. The molecule has 2 rings (SSSR count). The number of rotatable bonds is 4. The lowest BCUT2D eigenvalue weighted by molar-refractivity contribution is 0.819. The number of pyridine rings is 1. The normalized spacial score (nSPS) is 10.3. The summed E-state index contributed by atoms with van der Waals surface area (Å²) < 4.78 is 0. The maximum atomic E-state index is 5.83. The van der Waals surface area contributed by atoms with Crippen LogP contribution in [0.3, 0.4) is 0 Å². The van der Waals surface area contributed by atoms with Crippen molar-refractivity contribution >= 4 is 11.6 Å². The van der Waals surface area contributed by atoms with Gasteiger partial charge in [0.25, 0.3) is 0 Å². The summed E-state index contributed by atoms with van der Waals surface area (Å²) in [7, 11) is 0. The van der Waals surface area contributed by atoms with Crippen molar-refractivity contribution in [3.05, 3.63) is 64.9 Å². The van der Waals surface area contributed by atoms with Gasteiger partial charge in [-0.2, -0.15) is 0 Å². The topological polar surface area (TPSA) is 12.9 Å². The first-order chi connectivity index (χ1) is 7.84. The fraction of sp³-hybridized carbons (Fsp3) is 0.214. The molecule has 2 heteroatoms. The number of benzene rings is 1. The van der Waals surface area contributed by atoms with Gasteiger partial charge in [-0.15, -0.1) is 0 Å². The van der Waals surface area contributed by atoms with Crippen molar-refractivity contribution in [3.63, 3.8) is 0 Å². The van der Waals surface area contributed by atoms with Crippen LogP contribution in [0, 0.1) is 0 Å². The Morgan fingerprint density at radius 2 is 1.38 bits per heavy atom. The monoisotopic (exact) mass is 231 g/mol. The van der Waals surface area contributed by atoms with Crippen LogP contribution < -0.4 is 0 Å². The third kappa shape index (κ3) is 3.35. The maximum Gasteiger partial charge on any atom is 0.0406 e. The van der Waals surface area contributed by atoms with Crippen LogP contribution in [0.5, 0.6) is 0 Å². The van der Waals surface area contributed by atoms with Gasteiger partial charge in [0, 0.05) is 17.4 Å². The Kier molecular flexibility index (Phi) is 3.95. The maximum absolute atomic E-state index is 5.83. The van der Waals surface area contributed by atoms with Crippen molar-refractivity contribution in [2.24, 2.45) is 0 Å². The number of hydrogen-bond donors (Lipinski definition) is 0. The van der Waals surface area contributed by atoms with Gasteiger partial charge >= 0.3 is 0 Å². The molecule has 0 saturated heterocycles. The first-order valence-electron chi connectivity index (χ1n) is 5.48. The van der Waals surface area contributed by atoms with Crippen LogP contribution in [0.25, 0.3) is 0 Å². The van der Waals surface area contributed by atoms with Gasteiger partial charge < -0.3 is 0 Å². The number of nitrogens with zero attached hydrogens (tertiary/aromatic N) is 1. The van der Waals surface area contributed by atoms with E-state index in [-0.39, 0.29) is 0 Å². The summed E-state index contributed by atoms with van der Waals surface area (Å²) in [5.74, 6) is 0. The van der Waals surface area contributed by atoms with Crippen LogP contribution in [-0.4, -0.2) is 4.98 Å². The summed E-state index contributed by atoms with van der Waals surface area (Å²) >= 11 is 5.83. The summed E-state index contributed by atoms with van der Waals surface area (Å²) in [6, 6.07) is 12.2. The largest absolute Gasteiger partial charge is 0.265 e. The molecule has 1 aromatic heterocycles. The predicted molar refractivity (Wildman–Crippen MR) is 67.7 cm³/mol. The van der Waals surface area contributed by atoms with Crippen molar-refractivity contribution in [3.8, 4) is 0 Å². The highest BCUT2D eigenvalue weighted by molar-refractivity contribution is 6.30. The highest BCUT2D eigenvalue weighted by Crippen LogP contribution is 2.12.